The van der Waals surface area contributed by atoms with E-state index in [9.17, 15) is 0 Å². The average molecular weight is 244 g/mol. The van der Waals surface area contributed by atoms with E-state index in [1.54, 1.807) is 11.3 Å². The van der Waals surface area contributed by atoms with Gasteiger partial charge < -0.3 is 5.73 Å². The lowest BCUT2D eigenvalue weighted by Crippen LogP contribution is -1.88. The van der Waals surface area contributed by atoms with Crippen molar-refractivity contribution in [3.8, 4) is 10.4 Å². The van der Waals surface area contributed by atoms with Gasteiger partial charge in [-0.1, -0.05) is 29.3 Å². The van der Waals surface area contributed by atoms with Crippen LogP contribution in [0.15, 0.2) is 29.6 Å². The van der Waals surface area contributed by atoms with Crippen LogP contribution >= 0.6 is 34.5 Å². The minimum absolute atomic E-state index is 0.439. The van der Waals surface area contributed by atoms with Crippen molar-refractivity contribution in [2.75, 3.05) is 5.73 Å². The summed E-state index contributed by atoms with van der Waals surface area (Å²) in [5.74, 6) is 0. The number of anilines is 1. The molecule has 0 saturated carbocycles. The Morgan fingerprint density at radius 1 is 1.14 bits per heavy atom. The van der Waals surface area contributed by atoms with Crippen LogP contribution in [0, 0.1) is 0 Å². The fraction of sp³-hybridized carbons (Fsp3) is 0. The molecule has 2 rings (SSSR count). The highest BCUT2D eigenvalue weighted by Gasteiger charge is 2.06. The molecule has 2 aromatic rings. The van der Waals surface area contributed by atoms with E-state index in [1.807, 2.05) is 29.6 Å². The Labute approximate surface area is 96.1 Å². The first-order valence-corrected chi connectivity index (χ1v) is 5.60. The molecular formula is C10H7Cl2NS. The van der Waals surface area contributed by atoms with Gasteiger partial charge in [-0.3, -0.25) is 0 Å². The van der Waals surface area contributed by atoms with Crippen molar-refractivity contribution < 1.29 is 0 Å². The van der Waals surface area contributed by atoms with Gasteiger partial charge in [-0.2, -0.15) is 0 Å². The predicted molar refractivity (Wildman–Crippen MR) is 64.2 cm³/mol. The molecule has 0 bridgehead atoms. The molecule has 0 aliphatic rings. The van der Waals surface area contributed by atoms with Gasteiger partial charge in [0.15, 0.2) is 0 Å². The smallest absolute Gasteiger partial charge is 0.0693 e. The van der Waals surface area contributed by atoms with E-state index in [2.05, 4.69) is 0 Å². The molecule has 2 N–H and O–H groups in total. The molecule has 0 aliphatic heterocycles. The molecule has 0 saturated heterocycles. The summed E-state index contributed by atoms with van der Waals surface area (Å²) < 4.78 is 0. The number of nitrogens with two attached hydrogens (primary N) is 1. The van der Waals surface area contributed by atoms with Crippen LogP contribution in [0.5, 0.6) is 0 Å². The van der Waals surface area contributed by atoms with Crippen molar-refractivity contribution in [3.05, 3.63) is 39.7 Å². The Balaban J connectivity index is 2.57. The van der Waals surface area contributed by atoms with Crippen LogP contribution in [0.1, 0.15) is 0 Å². The Bertz CT molecular complexity index is 428. The Morgan fingerprint density at radius 3 is 2.29 bits per heavy atom. The lowest BCUT2D eigenvalue weighted by molar-refractivity contribution is 1.67. The Morgan fingerprint density at radius 2 is 1.79 bits per heavy atom. The first kappa shape index (κ1) is 9.84. The zero-order valence-corrected chi connectivity index (χ0v) is 9.46. The predicted octanol–water partition coefficient (Wildman–Crippen LogP) is 4.30. The second-order valence-electron chi connectivity index (χ2n) is 2.83. The summed E-state index contributed by atoms with van der Waals surface area (Å²) in [6, 6.07) is 7.66. The zero-order chi connectivity index (χ0) is 10.1. The van der Waals surface area contributed by atoms with Crippen LogP contribution in [-0.2, 0) is 0 Å². The molecule has 1 nitrogen and oxygen atoms in total. The van der Waals surface area contributed by atoms with E-state index in [4.69, 9.17) is 28.9 Å². The van der Waals surface area contributed by atoms with Gasteiger partial charge in [0.05, 0.1) is 15.7 Å². The fourth-order valence-corrected chi connectivity index (χ4v) is 2.37. The summed E-state index contributed by atoms with van der Waals surface area (Å²) in [5, 5.41) is 3.01. The standard InChI is InChI=1S/C10H7Cl2NS/c11-7-4-6(5-8(12)10(7)13)9-2-1-3-14-9/h1-5H,13H2. The van der Waals surface area contributed by atoms with Gasteiger partial charge in [0.2, 0.25) is 0 Å². The monoisotopic (exact) mass is 243 g/mol. The van der Waals surface area contributed by atoms with Gasteiger partial charge in [0, 0.05) is 4.88 Å². The van der Waals surface area contributed by atoms with Crippen molar-refractivity contribution in [1.82, 2.24) is 0 Å². The summed E-state index contributed by atoms with van der Waals surface area (Å²) in [6.45, 7) is 0. The summed E-state index contributed by atoms with van der Waals surface area (Å²) in [6.07, 6.45) is 0. The number of benzene rings is 1. The fourth-order valence-electron chi connectivity index (χ4n) is 1.17. The molecule has 4 heteroatoms. The largest absolute Gasteiger partial charge is 0.396 e. The second kappa shape index (κ2) is 3.81. The molecular weight excluding hydrogens is 237 g/mol. The van der Waals surface area contributed by atoms with E-state index in [0.29, 0.717) is 15.7 Å². The Kier molecular flexibility index (Phi) is 2.68. The van der Waals surface area contributed by atoms with E-state index < -0.39 is 0 Å². The molecule has 0 aliphatic carbocycles. The van der Waals surface area contributed by atoms with E-state index >= 15 is 0 Å². The highest BCUT2D eigenvalue weighted by molar-refractivity contribution is 7.13. The average Bonchev–Trinajstić information content (AvgIpc) is 2.66. The van der Waals surface area contributed by atoms with Crippen LogP contribution in [0.4, 0.5) is 5.69 Å². The zero-order valence-electron chi connectivity index (χ0n) is 7.13. The lowest BCUT2D eigenvalue weighted by atomic mass is 10.2. The molecule has 72 valence electrons. The number of nitrogen functional groups attached to an aromatic ring is 1. The minimum Gasteiger partial charge on any atom is -0.396 e. The van der Waals surface area contributed by atoms with Gasteiger partial charge in [-0.15, -0.1) is 11.3 Å². The third-order valence-electron chi connectivity index (χ3n) is 1.88. The number of rotatable bonds is 1. The van der Waals surface area contributed by atoms with E-state index in [1.165, 1.54) is 0 Å². The molecule has 1 aromatic heterocycles. The normalized spacial score (nSPS) is 10.4. The molecule has 0 unspecified atom stereocenters. The van der Waals surface area contributed by atoms with Crippen molar-refractivity contribution in [2.24, 2.45) is 0 Å². The third-order valence-corrected chi connectivity index (χ3v) is 3.43. The topological polar surface area (TPSA) is 26.0 Å². The first-order chi connectivity index (χ1) is 6.68. The molecule has 1 aromatic carbocycles. The molecule has 0 spiro atoms. The lowest BCUT2D eigenvalue weighted by Gasteiger charge is -2.04. The van der Waals surface area contributed by atoms with E-state index in [0.717, 1.165) is 10.4 Å². The van der Waals surface area contributed by atoms with Crippen LogP contribution in [0.25, 0.3) is 10.4 Å². The molecule has 0 atom stereocenters. The van der Waals surface area contributed by atoms with Gasteiger partial charge in [0.25, 0.3) is 0 Å². The van der Waals surface area contributed by atoms with Crippen LogP contribution in [0.2, 0.25) is 10.0 Å². The van der Waals surface area contributed by atoms with Gasteiger partial charge in [0.1, 0.15) is 0 Å². The quantitative estimate of drug-likeness (QED) is 0.743. The third kappa shape index (κ3) is 1.73. The van der Waals surface area contributed by atoms with Crippen LogP contribution in [0.3, 0.4) is 0 Å². The van der Waals surface area contributed by atoms with Crippen molar-refractivity contribution in [2.45, 2.75) is 0 Å². The SMILES string of the molecule is Nc1c(Cl)cc(-c2cccs2)cc1Cl. The summed E-state index contributed by atoms with van der Waals surface area (Å²) in [4.78, 5) is 1.13. The van der Waals surface area contributed by atoms with Crippen molar-refractivity contribution in [1.29, 1.82) is 0 Å². The Hall–Kier alpha value is -0.700. The maximum Gasteiger partial charge on any atom is 0.0693 e. The number of hydrogen-bond acceptors (Lipinski definition) is 2. The minimum atomic E-state index is 0.439. The highest BCUT2D eigenvalue weighted by Crippen LogP contribution is 2.34. The molecule has 1 heterocycles. The second-order valence-corrected chi connectivity index (χ2v) is 4.59. The summed E-state index contributed by atoms with van der Waals surface area (Å²) in [7, 11) is 0. The number of halogens is 2. The van der Waals surface area contributed by atoms with Gasteiger partial charge >= 0.3 is 0 Å². The van der Waals surface area contributed by atoms with Gasteiger partial charge in [-0.05, 0) is 29.1 Å². The summed E-state index contributed by atoms with van der Waals surface area (Å²) in [5.41, 5.74) is 7.09. The van der Waals surface area contributed by atoms with E-state index in [-0.39, 0.29) is 0 Å². The molecule has 14 heavy (non-hydrogen) atoms. The maximum atomic E-state index is 5.93. The maximum absolute atomic E-state index is 5.93. The molecule has 0 radical (unpaired) electrons. The molecule has 0 fully saturated rings. The highest BCUT2D eigenvalue weighted by atomic mass is 35.5. The van der Waals surface area contributed by atoms with Crippen molar-refractivity contribution in [3.63, 3.8) is 0 Å². The summed E-state index contributed by atoms with van der Waals surface area (Å²) >= 11 is 13.5. The molecule has 0 amide bonds. The van der Waals surface area contributed by atoms with Crippen LogP contribution in [-0.4, -0.2) is 0 Å². The van der Waals surface area contributed by atoms with Crippen LogP contribution < -0.4 is 5.73 Å². The number of hydrogen-bond donors (Lipinski definition) is 1. The number of thiophene rings is 1. The van der Waals surface area contributed by atoms with Crippen molar-refractivity contribution >= 4 is 40.2 Å². The first-order valence-electron chi connectivity index (χ1n) is 3.97. The van der Waals surface area contributed by atoms with Gasteiger partial charge in [-0.25, -0.2) is 0 Å².